The third kappa shape index (κ3) is 2.65. The third-order valence-corrected chi connectivity index (χ3v) is 3.46. The molecule has 0 fully saturated rings. The highest BCUT2D eigenvalue weighted by Gasteiger charge is 2.14. The van der Waals surface area contributed by atoms with Gasteiger partial charge in [-0.15, -0.1) is 0 Å². The quantitative estimate of drug-likeness (QED) is 0.805. The zero-order chi connectivity index (χ0) is 15.7. The Balaban J connectivity index is 1.95. The summed E-state index contributed by atoms with van der Waals surface area (Å²) in [5.74, 6) is -0.241. The molecule has 2 heterocycles. The maximum atomic E-state index is 13.1. The zero-order valence-electron chi connectivity index (χ0n) is 11.7. The van der Waals surface area contributed by atoms with Gasteiger partial charge in [0.15, 0.2) is 11.5 Å². The van der Waals surface area contributed by atoms with E-state index in [4.69, 9.17) is 11.6 Å². The number of benzene rings is 1. The van der Waals surface area contributed by atoms with Crippen molar-refractivity contribution in [3.8, 4) is 0 Å². The maximum absolute atomic E-state index is 13.1. The largest absolute Gasteiger partial charge is 0.319 e. The number of carbonyl (C=O) groups is 1. The lowest BCUT2D eigenvalue weighted by atomic mass is 10.2. The number of amides is 1. The summed E-state index contributed by atoms with van der Waals surface area (Å²) >= 11 is 5.90. The predicted molar refractivity (Wildman–Crippen MR) is 81.7 cm³/mol. The Morgan fingerprint density at radius 3 is 2.95 bits per heavy atom. The van der Waals surface area contributed by atoms with Crippen LogP contribution >= 0.6 is 11.6 Å². The molecule has 0 saturated carbocycles. The number of hydrogen-bond acceptors (Lipinski definition) is 3. The first kappa shape index (κ1) is 14.5. The van der Waals surface area contributed by atoms with Crippen molar-refractivity contribution in [1.82, 2.24) is 14.6 Å². The predicted octanol–water partition coefficient (Wildman–Crippen LogP) is 3.34. The van der Waals surface area contributed by atoms with E-state index in [2.05, 4.69) is 15.4 Å². The number of nitrogens with one attached hydrogen (secondary N) is 1. The van der Waals surface area contributed by atoms with Crippen LogP contribution in [0.5, 0.6) is 0 Å². The minimum atomic E-state index is -0.492. The standard InChI is InChI=1S/C15H12ClFN4O/c1-2-13-19-14-12(4-3-7-21(14)20-13)18-15(22)10-6-5-9(17)8-11(10)16/h3-8H,2H2,1H3,(H,18,22). The van der Waals surface area contributed by atoms with Gasteiger partial charge in [0, 0.05) is 12.6 Å². The number of nitrogens with zero attached hydrogens (tertiary/aromatic N) is 3. The van der Waals surface area contributed by atoms with E-state index in [0.717, 1.165) is 6.07 Å². The molecule has 7 heteroatoms. The van der Waals surface area contributed by atoms with E-state index in [-0.39, 0.29) is 10.6 Å². The van der Waals surface area contributed by atoms with Crippen LogP contribution in [0.3, 0.4) is 0 Å². The van der Waals surface area contributed by atoms with Crippen molar-refractivity contribution in [3.63, 3.8) is 0 Å². The molecule has 0 aliphatic carbocycles. The Hall–Kier alpha value is -2.47. The fourth-order valence-electron chi connectivity index (χ4n) is 2.06. The van der Waals surface area contributed by atoms with Gasteiger partial charge in [-0.3, -0.25) is 4.79 Å². The van der Waals surface area contributed by atoms with Crippen LogP contribution in [0.15, 0.2) is 36.5 Å². The van der Waals surface area contributed by atoms with Crippen molar-refractivity contribution in [3.05, 3.63) is 58.8 Å². The molecule has 0 aliphatic heterocycles. The second-order valence-corrected chi connectivity index (χ2v) is 5.06. The molecule has 0 aliphatic rings. The third-order valence-electron chi connectivity index (χ3n) is 3.15. The molecular formula is C15H12ClFN4O. The molecule has 0 saturated heterocycles. The first-order valence-corrected chi connectivity index (χ1v) is 7.07. The topological polar surface area (TPSA) is 59.3 Å². The summed E-state index contributed by atoms with van der Waals surface area (Å²) < 4.78 is 14.6. The molecule has 2 aromatic heterocycles. The molecule has 1 amide bonds. The highest BCUT2D eigenvalue weighted by molar-refractivity contribution is 6.34. The molecule has 22 heavy (non-hydrogen) atoms. The second kappa shape index (κ2) is 5.73. The van der Waals surface area contributed by atoms with E-state index in [0.29, 0.717) is 23.6 Å². The van der Waals surface area contributed by atoms with Crippen LogP contribution in [0.4, 0.5) is 10.1 Å². The van der Waals surface area contributed by atoms with E-state index in [9.17, 15) is 9.18 Å². The fraction of sp³-hybridized carbons (Fsp3) is 0.133. The molecule has 5 nitrogen and oxygen atoms in total. The van der Waals surface area contributed by atoms with Crippen LogP contribution in [0.1, 0.15) is 23.1 Å². The number of anilines is 1. The van der Waals surface area contributed by atoms with Crippen LogP contribution in [0.2, 0.25) is 5.02 Å². The lowest BCUT2D eigenvalue weighted by Crippen LogP contribution is -2.13. The number of hydrogen-bond donors (Lipinski definition) is 1. The van der Waals surface area contributed by atoms with Gasteiger partial charge in [-0.2, -0.15) is 5.10 Å². The number of aromatic nitrogens is 3. The lowest BCUT2D eigenvalue weighted by Gasteiger charge is -2.07. The highest BCUT2D eigenvalue weighted by Crippen LogP contribution is 2.20. The minimum absolute atomic E-state index is 0.0557. The number of fused-ring (bicyclic) bond motifs is 1. The molecule has 112 valence electrons. The van der Waals surface area contributed by atoms with Gasteiger partial charge in [0.25, 0.3) is 5.91 Å². The van der Waals surface area contributed by atoms with Crippen molar-refractivity contribution < 1.29 is 9.18 Å². The summed E-state index contributed by atoms with van der Waals surface area (Å²) in [6.45, 7) is 1.95. The Morgan fingerprint density at radius 1 is 1.41 bits per heavy atom. The summed E-state index contributed by atoms with van der Waals surface area (Å²) in [7, 11) is 0. The zero-order valence-corrected chi connectivity index (χ0v) is 12.4. The lowest BCUT2D eigenvalue weighted by molar-refractivity contribution is 0.102. The van der Waals surface area contributed by atoms with E-state index >= 15 is 0 Å². The van der Waals surface area contributed by atoms with Gasteiger partial charge in [-0.1, -0.05) is 18.5 Å². The molecule has 0 unspecified atom stereocenters. The SMILES string of the molecule is CCc1nc2c(NC(=O)c3ccc(F)cc3Cl)cccn2n1. The van der Waals surface area contributed by atoms with Crippen LogP contribution in [0, 0.1) is 5.82 Å². The molecule has 0 atom stereocenters. The second-order valence-electron chi connectivity index (χ2n) is 4.65. The Labute approximate surface area is 130 Å². The van der Waals surface area contributed by atoms with Gasteiger partial charge < -0.3 is 5.32 Å². The molecule has 1 aromatic carbocycles. The molecule has 1 N–H and O–H groups in total. The summed E-state index contributed by atoms with van der Waals surface area (Å²) in [4.78, 5) is 16.6. The van der Waals surface area contributed by atoms with Gasteiger partial charge in [-0.25, -0.2) is 13.9 Å². The van der Waals surface area contributed by atoms with Gasteiger partial charge in [0.05, 0.1) is 16.3 Å². The number of halogens is 2. The highest BCUT2D eigenvalue weighted by atomic mass is 35.5. The van der Waals surface area contributed by atoms with Gasteiger partial charge in [0.2, 0.25) is 0 Å². The average molecular weight is 319 g/mol. The normalized spacial score (nSPS) is 10.9. The minimum Gasteiger partial charge on any atom is -0.319 e. The van der Waals surface area contributed by atoms with E-state index in [1.54, 1.807) is 22.8 Å². The first-order valence-electron chi connectivity index (χ1n) is 6.69. The molecule has 0 spiro atoms. The van der Waals surface area contributed by atoms with Gasteiger partial charge in [0.1, 0.15) is 5.82 Å². The summed E-state index contributed by atoms with van der Waals surface area (Å²) in [6, 6.07) is 7.10. The number of rotatable bonds is 3. The van der Waals surface area contributed by atoms with Crippen LogP contribution < -0.4 is 5.32 Å². The molecule has 0 bridgehead atoms. The Bertz CT molecular complexity index is 862. The Kier molecular flexibility index (Phi) is 3.77. The molecule has 3 aromatic rings. The van der Waals surface area contributed by atoms with Crippen molar-refractivity contribution in [2.24, 2.45) is 0 Å². The summed E-state index contributed by atoms with van der Waals surface area (Å²) in [6.07, 6.45) is 2.45. The maximum Gasteiger partial charge on any atom is 0.257 e. The van der Waals surface area contributed by atoms with Gasteiger partial charge >= 0.3 is 0 Å². The summed E-state index contributed by atoms with van der Waals surface area (Å²) in [5, 5.41) is 7.07. The number of aryl methyl sites for hydroxylation is 1. The van der Waals surface area contributed by atoms with Crippen molar-refractivity contribution in [1.29, 1.82) is 0 Å². The van der Waals surface area contributed by atoms with Crippen LogP contribution in [-0.2, 0) is 6.42 Å². The van der Waals surface area contributed by atoms with E-state index in [1.165, 1.54) is 12.1 Å². The first-order chi connectivity index (χ1) is 10.6. The number of carbonyl (C=O) groups excluding carboxylic acids is 1. The molecule has 0 radical (unpaired) electrons. The molecule has 3 rings (SSSR count). The van der Waals surface area contributed by atoms with Crippen molar-refractivity contribution >= 4 is 28.8 Å². The number of pyridine rings is 1. The Morgan fingerprint density at radius 2 is 2.23 bits per heavy atom. The van der Waals surface area contributed by atoms with Gasteiger partial charge in [-0.05, 0) is 30.3 Å². The van der Waals surface area contributed by atoms with E-state index < -0.39 is 11.7 Å². The smallest absolute Gasteiger partial charge is 0.257 e. The summed E-state index contributed by atoms with van der Waals surface area (Å²) in [5.41, 5.74) is 1.26. The monoisotopic (exact) mass is 318 g/mol. The fourth-order valence-corrected chi connectivity index (χ4v) is 2.31. The van der Waals surface area contributed by atoms with Crippen LogP contribution in [-0.4, -0.2) is 20.5 Å². The van der Waals surface area contributed by atoms with Crippen molar-refractivity contribution in [2.45, 2.75) is 13.3 Å². The van der Waals surface area contributed by atoms with E-state index in [1.807, 2.05) is 6.92 Å². The van der Waals surface area contributed by atoms with Crippen LogP contribution in [0.25, 0.3) is 5.65 Å². The van der Waals surface area contributed by atoms with Crippen molar-refractivity contribution in [2.75, 3.05) is 5.32 Å². The average Bonchev–Trinajstić information content (AvgIpc) is 2.91. The molecular weight excluding hydrogens is 307 g/mol.